The molecule has 3 rings (SSSR count). The highest BCUT2D eigenvalue weighted by molar-refractivity contribution is 6.42. The average molecular weight is 318 g/mol. The molecule has 0 aliphatic carbocycles. The van der Waals surface area contributed by atoms with Crippen LogP contribution in [0.1, 0.15) is 17.1 Å². The summed E-state index contributed by atoms with van der Waals surface area (Å²) < 4.78 is 0. The van der Waals surface area contributed by atoms with Crippen molar-refractivity contribution in [3.63, 3.8) is 0 Å². The number of rotatable bonds is 3. The maximum atomic E-state index is 6.08. The normalized spacial score (nSPS) is 10.8. The van der Waals surface area contributed by atoms with Crippen LogP contribution in [-0.4, -0.2) is 15.0 Å². The fourth-order valence-corrected chi connectivity index (χ4v) is 2.52. The second-order valence-electron chi connectivity index (χ2n) is 4.82. The van der Waals surface area contributed by atoms with E-state index < -0.39 is 0 Å². The van der Waals surface area contributed by atoms with Crippen molar-refractivity contribution < 1.29 is 0 Å². The molecule has 2 aromatic heterocycles. The number of hydrogen-bond acceptors (Lipinski definition) is 2. The number of H-pyrrole nitrogens is 1. The van der Waals surface area contributed by atoms with Gasteiger partial charge in [-0.25, -0.2) is 4.98 Å². The summed E-state index contributed by atoms with van der Waals surface area (Å²) in [5, 5.41) is 1.08. The highest BCUT2D eigenvalue weighted by atomic mass is 35.5. The number of hydrogen-bond donors (Lipinski definition) is 1. The summed E-state index contributed by atoms with van der Waals surface area (Å²) in [5.74, 6) is 0.916. The van der Waals surface area contributed by atoms with Gasteiger partial charge in [0, 0.05) is 30.1 Å². The monoisotopic (exact) mass is 317 g/mol. The standard InChI is InChI=1S/C16H13Cl2N3/c1-10-16(12-2-3-13(17)14(18)9-12)21-15(20-10)8-11-4-6-19-7-5-11/h2-7,9H,8H2,1H3,(H,20,21). The molecule has 0 bridgehead atoms. The lowest BCUT2D eigenvalue weighted by Crippen LogP contribution is -1.90. The Kier molecular flexibility index (Phi) is 3.95. The zero-order valence-electron chi connectivity index (χ0n) is 11.4. The van der Waals surface area contributed by atoms with E-state index in [2.05, 4.69) is 15.0 Å². The molecule has 0 aliphatic rings. The van der Waals surface area contributed by atoms with E-state index in [0.29, 0.717) is 10.0 Å². The molecule has 5 heteroatoms. The van der Waals surface area contributed by atoms with Gasteiger partial charge in [0.25, 0.3) is 0 Å². The molecular weight excluding hydrogens is 305 g/mol. The SMILES string of the molecule is Cc1[nH]c(Cc2ccncc2)nc1-c1ccc(Cl)c(Cl)c1. The van der Waals surface area contributed by atoms with Gasteiger partial charge in [0.05, 0.1) is 15.7 Å². The van der Waals surface area contributed by atoms with Crippen LogP contribution in [0.15, 0.2) is 42.7 Å². The van der Waals surface area contributed by atoms with Crippen LogP contribution in [0.4, 0.5) is 0 Å². The second kappa shape index (κ2) is 5.88. The zero-order valence-corrected chi connectivity index (χ0v) is 12.9. The number of benzene rings is 1. The van der Waals surface area contributed by atoms with Crippen molar-refractivity contribution in [2.45, 2.75) is 13.3 Å². The fraction of sp³-hybridized carbons (Fsp3) is 0.125. The molecule has 0 spiro atoms. The van der Waals surface area contributed by atoms with E-state index in [9.17, 15) is 0 Å². The molecule has 0 saturated heterocycles. The van der Waals surface area contributed by atoms with Gasteiger partial charge in [-0.2, -0.15) is 0 Å². The van der Waals surface area contributed by atoms with Crippen LogP contribution in [0.3, 0.4) is 0 Å². The first-order valence-electron chi connectivity index (χ1n) is 6.53. The summed E-state index contributed by atoms with van der Waals surface area (Å²) >= 11 is 12.0. The highest BCUT2D eigenvalue weighted by Gasteiger charge is 2.11. The van der Waals surface area contributed by atoms with Crippen LogP contribution in [0.25, 0.3) is 11.3 Å². The molecule has 106 valence electrons. The molecule has 0 saturated carbocycles. The number of nitrogens with zero attached hydrogens (tertiary/aromatic N) is 2. The highest BCUT2D eigenvalue weighted by Crippen LogP contribution is 2.29. The molecule has 3 aromatic rings. The first-order chi connectivity index (χ1) is 10.1. The lowest BCUT2D eigenvalue weighted by Gasteiger charge is -2.01. The maximum Gasteiger partial charge on any atom is 0.111 e. The Morgan fingerprint density at radius 3 is 2.52 bits per heavy atom. The molecule has 0 unspecified atom stereocenters. The van der Waals surface area contributed by atoms with E-state index in [1.165, 1.54) is 5.56 Å². The van der Waals surface area contributed by atoms with Crippen molar-refractivity contribution in [1.29, 1.82) is 0 Å². The van der Waals surface area contributed by atoms with Crippen LogP contribution in [0, 0.1) is 6.92 Å². The third-order valence-corrected chi connectivity index (χ3v) is 3.99. The molecule has 0 amide bonds. The van der Waals surface area contributed by atoms with Crippen molar-refractivity contribution in [2.24, 2.45) is 0 Å². The molecule has 0 aliphatic heterocycles. The average Bonchev–Trinajstić information content (AvgIpc) is 2.84. The van der Waals surface area contributed by atoms with Gasteiger partial charge in [0.15, 0.2) is 0 Å². The van der Waals surface area contributed by atoms with Crippen LogP contribution in [0.5, 0.6) is 0 Å². The Balaban J connectivity index is 1.92. The molecule has 1 N–H and O–H groups in total. The van der Waals surface area contributed by atoms with Crippen molar-refractivity contribution in [2.75, 3.05) is 0 Å². The first kappa shape index (κ1) is 14.1. The summed E-state index contributed by atoms with van der Waals surface area (Å²) in [6.45, 7) is 2.00. The summed E-state index contributed by atoms with van der Waals surface area (Å²) in [6, 6.07) is 9.51. The number of imidazole rings is 1. The Morgan fingerprint density at radius 2 is 1.81 bits per heavy atom. The molecule has 2 heterocycles. The van der Waals surface area contributed by atoms with Crippen molar-refractivity contribution in [1.82, 2.24) is 15.0 Å². The Labute approximate surface area is 133 Å². The van der Waals surface area contributed by atoms with E-state index in [1.54, 1.807) is 18.5 Å². The van der Waals surface area contributed by atoms with E-state index >= 15 is 0 Å². The molecular formula is C16H13Cl2N3. The van der Waals surface area contributed by atoms with Gasteiger partial charge >= 0.3 is 0 Å². The summed E-state index contributed by atoms with van der Waals surface area (Å²) in [5.41, 5.74) is 4.04. The minimum absolute atomic E-state index is 0.534. The predicted molar refractivity (Wildman–Crippen MR) is 85.8 cm³/mol. The number of aromatic nitrogens is 3. The van der Waals surface area contributed by atoms with E-state index in [1.807, 2.05) is 31.2 Å². The lowest BCUT2D eigenvalue weighted by atomic mass is 10.1. The molecule has 3 nitrogen and oxygen atoms in total. The fourth-order valence-electron chi connectivity index (χ4n) is 2.22. The van der Waals surface area contributed by atoms with Crippen molar-refractivity contribution in [3.05, 3.63) is 69.9 Å². The second-order valence-corrected chi connectivity index (χ2v) is 5.63. The maximum absolute atomic E-state index is 6.08. The summed E-state index contributed by atoms with van der Waals surface area (Å²) in [6.07, 6.45) is 4.31. The van der Waals surface area contributed by atoms with Crippen molar-refractivity contribution in [3.8, 4) is 11.3 Å². The predicted octanol–water partition coefficient (Wildman–Crippen LogP) is 4.68. The van der Waals surface area contributed by atoms with Gasteiger partial charge in [-0.05, 0) is 36.8 Å². The van der Waals surface area contributed by atoms with Gasteiger partial charge in [0.2, 0.25) is 0 Å². The topological polar surface area (TPSA) is 41.6 Å². The molecule has 1 aromatic carbocycles. The Bertz CT molecular complexity index is 766. The minimum atomic E-state index is 0.534. The molecule has 0 radical (unpaired) electrons. The summed E-state index contributed by atoms with van der Waals surface area (Å²) in [4.78, 5) is 12.0. The Morgan fingerprint density at radius 1 is 1.05 bits per heavy atom. The molecule has 0 atom stereocenters. The lowest BCUT2D eigenvalue weighted by molar-refractivity contribution is 1.01. The molecule has 21 heavy (non-hydrogen) atoms. The first-order valence-corrected chi connectivity index (χ1v) is 7.29. The minimum Gasteiger partial charge on any atom is -0.345 e. The van der Waals surface area contributed by atoms with Crippen molar-refractivity contribution >= 4 is 23.2 Å². The number of halogens is 2. The molecule has 0 fully saturated rings. The van der Waals surface area contributed by atoms with Crippen LogP contribution < -0.4 is 0 Å². The van der Waals surface area contributed by atoms with Gasteiger partial charge in [-0.3, -0.25) is 4.98 Å². The van der Waals surface area contributed by atoms with Crippen LogP contribution in [0.2, 0.25) is 10.0 Å². The van der Waals surface area contributed by atoms with E-state index in [0.717, 1.165) is 29.2 Å². The Hall–Kier alpha value is -1.84. The third kappa shape index (κ3) is 3.09. The van der Waals surface area contributed by atoms with Gasteiger partial charge < -0.3 is 4.98 Å². The van der Waals surface area contributed by atoms with Crippen LogP contribution >= 0.6 is 23.2 Å². The van der Waals surface area contributed by atoms with Gasteiger partial charge in [-0.1, -0.05) is 29.3 Å². The van der Waals surface area contributed by atoms with Gasteiger partial charge in [-0.15, -0.1) is 0 Å². The van der Waals surface area contributed by atoms with Gasteiger partial charge in [0.1, 0.15) is 5.82 Å². The quantitative estimate of drug-likeness (QED) is 0.762. The van der Waals surface area contributed by atoms with E-state index in [4.69, 9.17) is 23.2 Å². The van der Waals surface area contributed by atoms with Crippen LogP contribution in [-0.2, 0) is 6.42 Å². The zero-order chi connectivity index (χ0) is 14.8. The smallest absolute Gasteiger partial charge is 0.111 e. The largest absolute Gasteiger partial charge is 0.345 e. The number of pyridine rings is 1. The van der Waals surface area contributed by atoms with E-state index in [-0.39, 0.29) is 0 Å². The number of nitrogens with one attached hydrogen (secondary N) is 1. The third-order valence-electron chi connectivity index (χ3n) is 3.25. The summed E-state index contributed by atoms with van der Waals surface area (Å²) in [7, 11) is 0. The number of aryl methyl sites for hydroxylation is 1. The number of aromatic amines is 1.